The van der Waals surface area contributed by atoms with Crippen LogP contribution in [0.25, 0.3) is 0 Å². The van der Waals surface area contributed by atoms with Crippen LogP contribution in [-0.4, -0.2) is 41.5 Å². The number of nitrogens with zero attached hydrogens (tertiary/aromatic N) is 3. The van der Waals surface area contributed by atoms with Crippen LogP contribution in [0.5, 0.6) is 0 Å². The van der Waals surface area contributed by atoms with E-state index in [1.54, 1.807) is 0 Å². The molecular weight excluding hydrogens is 190 g/mol. The molecule has 0 aromatic carbocycles. The normalized spacial score (nSPS) is 14.5. The number of carbonyl (C=O) groups excluding carboxylic acids is 1. The van der Waals surface area contributed by atoms with Crippen molar-refractivity contribution in [1.29, 1.82) is 5.26 Å². The molecule has 2 amide bonds. The third-order valence-corrected chi connectivity index (χ3v) is 2.73. The SMILES string of the molecule is CCN(CC)C(=O)N(CCC#N)C1CC1. The van der Waals surface area contributed by atoms with Crippen LogP contribution >= 0.6 is 0 Å². The molecule has 0 N–H and O–H groups in total. The second-order valence-corrected chi connectivity index (χ2v) is 3.79. The minimum Gasteiger partial charge on any atom is -0.325 e. The molecule has 0 aliphatic heterocycles. The molecule has 0 aromatic rings. The molecule has 0 heterocycles. The standard InChI is InChI=1S/C11H19N3O/c1-3-13(4-2)11(15)14(9-5-8-12)10-6-7-10/h10H,3-7,9H2,1-2H3. The van der Waals surface area contributed by atoms with E-state index in [-0.39, 0.29) is 6.03 Å². The van der Waals surface area contributed by atoms with E-state index >= 15 is 0 Å². The molecule has 1 fully saturated rings. The molecule has 1 rings (SSSR count). The Hall–Kier alpha value is -1.24. The average molecular weight is 209 g/mol. The van der Waals surface area contributed by atoms with Gasteiger partial charge in [-0.2, -0.15) is 5.26 Å². The fraction of sp³-hybridized carbons (Fsp3) is 0.818. The van der Waals surface area contributed by atoms with Crippen LogP contribution < -0.4 is 0 Å². The maximum absolute atomic E-state index is 12.0. The van der Waals surface area contributed by atoms with Crippen LogP contribution in [0.15, 0.2) is 0 Å². The molecule has 0 unspecified atom stereocenters. The summed E-state index contributed by atoms with van der Waals surface area (Å²) in [6.07, 6.45) is 2.63. The Morgan fingerprint density at radius 2 is 2.00 bits per heavy atom. The van der Waals surface area contributed by atoms with Crippen LogP contribution in [0.2, 0.25) is 0 Å². The summed E-state index contributed by atoms with van der Waals surface area (Å²) in [5.74, 6) is 0. The summed E-state index contributed by atoms with van der Waals surface area (Å²) >= 11 is 0. The highest BCUT2D eigenvalue weighted by Gasteiger charge is 2.33. The van der Waals surface area contributed by atoms with Gasteiger partial charge in [0.15, 0.2) is 0 Å². The predicted octanol–water partition coefficient (Wildman–Crippen LogP) is 1.83. The third kappa shape index (κ3) is 3.12. The minimum atomic E-state index is 0.0951. The van der Waals surface area contributed by atoms with E-state index < -0.39 is 0 Å². The second kappa shape index (κ2) is 5.59. The van der Waals surface area contributed by atoms with E-state index in [0.29, 0.717) is 19.0 Å². The van der Waals surface area contributed by atoms with Crippen molar-refractivity contribution in [3.63, 3.8) is 0 Å². The Labute approximate surface area is 91.5 Å². The van der Waals surface area contributed by atoms with Crippen molar-refractivity contribution in [3.8, 4) is 6.07 Å². The summed E-state index contributed by atoms with van der Waals surface area (Å²) < 4.78 is 0. The molecule has 0 aromatic heterocycles. The Morgan fingerprint density at radius 3 is 2.40 bits per heavy atom. The first-order valence-corrected chi connectivity index (χ1v) is 5.67. The van der Waals surface area contributed by atoms with Gasteiger partial charge in [0, 0.05) is 25.7 Å². The first-order chi connectivity index (χ1) is 7.24. The Bertz CT molecular complexity index is 251. The van der Waals surface area contributed by atoms with Gasteiger partial charge >= 0.3 is 6.03 Å². The van der Waals surface area contributed by atoms with Crippen molar-refractivity contribution < 1.29 is 4.79 Å². The van der Waals surface area contributed by atoms with Gasteiger partial charge in [-0.1, -0.05) is 0 Å². The Morgan fingerprint density at radius 1 is 1.40 bits per heavy atom. The summed E-state index contributed by atoms with van der Waals surface area (Å²) in [5.41, 5.74) is 0. The van der Waals surface area contributed by atoms with Gasteiger partial charge in [-0.05, 0) is 26.7 Å². The lowest BCUT2D eigenvalue weighted by Crippen LogP contribution is -2.44. The number of amides is 2. The zero-order valence-electron chi connectivity index (χ0n) is 9.57. The van der Waals surface area contributed by atoms with Crippen LogP contribution in [0.3, 0.4) is 0 Å². The van der Waals surface area contributed by atoms with Crippen LogP contribution in [0.4, 0.5) is 4.79 Å². The van der Waals surface area contributed by atoms with Crippen molar-refractivity contribution in [2.75, 3.05) is 19.6 Å². The van der Waals surface area contributed by atoms with E-state index in [9.17, 15) is 4.79 Å². The fourth-order valence-electron chi connectivity index (χ4n) is 1.67. The molecule has 1 aliphatic carbocycles. The highest BCUT2D eigenvalue weighted by atomic mass is 16.2. The smallest absolute Gasteiger partial charge is 0.320 e. The highest BCUT2D eigenvalue weighted by Crippen LogP contribution is 2.27. The van der Waals surface area contributed by atoms with Crippen LogP contribution in [-0.2, 0) is 0 Å². The lowest BCUT2D eigenvalue weighted by molar-refractivity contribution is 0.155. The quantitative estimate of drug-likeness (QED) is 0.693. The van der Waals surface area contributed by atoms with Gasteiger partial charge < -0.3 is 9.80 Å². The molecule has 0 spiro atoms. The van der Waals surface area contributed by atoms with Crippen molar-refractivity contribution >= 4 is 6.03 Å². The lowest BCUT2D eigenvalue weighted by Gasteiger charge is -2.28. The summed E-state index contributed by atoms with van der Waals surface area (Å²) in [5, 5.41) is 8.55. The second-order valence-electron chi connectivity index (χ2n) is 3.79. The van der Waals surface area contributed by atoms with Crippen molar-refractivity contribution in [2.45, 2.75) is 39.2 Å². The number of rotatable bonds is 5. The van der Waals surface area contributed by atoms with E-state index in [4.69, 9.17) is 5.26 Å². The summed E-state index contributed by atoms with van der Waals surface area (Å²) in [7, 11) is 0. The molecule has 0 bridgehead atoms. The Balaban J connectivity index is 2.54. The van der Waals surface area contributed by atoms with Gasteiger partial charge in [0.1, 0.15) is 0 Å². The number of carbonyl (C=O) groups is 1. The third-order valence-electron chi connectivity index (χ3n) is 2.73. The fourth-order valence-corrected chi connectivity index (χ4v) is 1.67. The summed E-state index contributed by atoms with van der Waals surface area (Å²) in [6, 6.07) is 2.59. The zero-order chi connectivity index (χ0) is 11.3. The van der Waals surface area contributed by atoms with E-state index in [1.165, 1.54) is 0 Å². The van der Waals surface area contributed by atoms with Gasteiger partial charge in [0.2, 0.25) is 0 Å². The summed E-state index contributed by atoms with van der Waals surface area (Å²) in [6.45, 7) is 6.03. The number of hydrogen-bond acceptors (Lipinski definition) is 2. The lowest BCUT2D eigenvalue weighted by atomic mass is 10.4. The Kier molecular flexibility index (Phi) is 4.41. The van der Waals surface area contributed by atoms with Gasteiger partial charge in [-0.15, -0.1) is 0 Å². The molecule has 15 heavy (non-hydrogen) atoms. The average Bonchev–Trinajstić information content (AvgIpc) is 3.04. The number of nitriles is 1. The zero-order valence-corrected chi connectivity index (χ0v) is 9.57. The van der Waals surface area contributed by atoms with Crippen LogP contribution in [0, 0.1) is 11.3 Å². The van der Waals surface area contributed by atoms with Crippen molar-refractivity contribution in [1.82, 2.24) is 9.80 Å². The largest absolute Gasteiger partial charge is 0.325 e. The molecule has 4 nitrogen and oxygen atoms in total. The van der Waals surface area contributed by atoms with Crippen LogP contribution in [0.1, 0.15) is 33.1 Å². The van der Waals surface area contributed by atoms with E-state index in [0.717, 1.165) is 25.9 Å². The van der Waals surface area contributed by atoms with Gasteiger partial charge in [0.25, 0.3) is 0 Å². The monoisotopic (exact) mass is 209 g/mol. The number of urea groups is 1. The number of hydrogen-bond donors (Lipinski definition) is 0. The molecule has 0 atom stereocenters. The molecule has 84 valence electrons. The maximum atomic E-state index is 12.0. The summed E-state index contributed by atoms with van der Waals surface area (Å²) in [4.78, 5) is 15.7. The van der Waals surface area contributed by atoms with Gasteiger partial charge in [-0.3, -0.25) is 0 Å². The molecule has 0 saturated heterocycles. The molecule has 4 heteroatoms. The molecular formula is C11H19N3O. The van der Waals surface area contributed by atoms with Crippen molar-refractivity contribution in [3.05, 3.63) is 0 Å². The van der Waals surface area contributed by atoms with Crippen molar-refractivity contribution in [2.24, 2.45) is 0 Å². The first kappa shape index (κ1) is 11.8. The van der Waals surface area contributed by atoms with Gasteiger partial charge in [-0.25, -0.2) is 4.79 Å². The molecule has 0 radical (unpaired) electrons. The topological polar surface area (TPSA) is 47.3 Å². The van der Waals surface area contributed by atoms with E-state index in [2.05, 4.69) is 6.07 Å². The minimum absolute atomic E-state index is 0.0951. The highest BCUT2D eigenvalue weighted by molar-refractivity contribution is 5.75. The maximum Gasteiger partial charge on any atom is 0.320 e. The van der Waals surface area contributed by atoms with E-state index in [1.807, 2.05) is 23.6 Å². The molecule has 1 aliphatic rings. The first-order valence-electron chi connectivity index (χ1n) is 5.67. The predicted molar refractivity (Wildman–Crippen MR) is 58.3 cm³/mol. The van der Waals surface area contributed by atoms with Gasteiger partial charge in [0.05, 0.1) is 12.5 Å². The molecule has 1 saturated carbocycles.